The molecule has 1 aliphatic rings. The zero-order chi connectivity index (χ0) is 15.4. The van der Waals surface area contributed by atoms with E-state index >= 15 is 0 Å². The van der Waals surface area contributed by atoms with Gasteiger partial charge in [-0.1, -0.05) is 24.3 Å². The van der Waals surface area contributed by atoms with E-state index in [1.54, 1.807) is 18.0 Å². The van der Waals surface area contributed by atoms with Gasteiger partial charge in [0, 0.05) is 25.0 Å². The number of hydrogen-bond acceptors (Lipinski definition) is 4. The van der Waals surface area contributed by atoms with Crippen LogP contribution in [0, 0.1) is 0 Å². The average molecular weight is 313 g/mol. The van der Waals surface area contributed by atoms with Crippen LogP contribution in [0.2, 0.25) is 0 Å². The Balaban J connectivity index is 1.87. The lowest BCUT2D eigenvalue weighted by Crippen LogP contribution is -2.40. The van der Waals surface area contributed by atoms with Crippen molar-refractivity contribution in [2.45, 2.75) is 17.7 Å². The highest BCUT2D eigenvalue weighted by molar-refractivity contribution is 8.00. The Morgan fingerprint density at radius 2 is 2.14 bits per heavy atom. The van der Waals surface area contributed by atoms with Crippen molar-refractivity contribution < 1.29 is 4.79 Å². The second-order valence-electron chi connectivity index (χ2n) is 5.35. The summed E-state index contributed by atoms with van der Waals surface area (Å²) >= 11 is 1.69. The molecule has 1 aromatic heterocycles. The summed E-state index contributed by atoms with van der Waals surface area (Å²) in [4.78, 5) is 16.6. The number of amides is 1. The summed E-state index contributed by atoms with van der Waals surface area (Å²) in [5, 5.41) is 2.87. The van der Waals surface area contributed by atoms with Crippen LogP contribution in [-0.2, 0) is 4.79 Å². The molecule has 22 heavy (non-hydrogen) atoms. The fraction of sp³-hybridized carbons (Fsp3) is 0.294. The number of carbonyl (C=O) groups is 1. The first-order valence-corrected chi connectivity index (χ1v) is 8.45. The number of rotatable bonds is 3. The number of pyridine rings is 1. The third-order valence-corrected chi connectivity index (χ3v) is 5.10. The zero-order valence-corrected chi connectivity index (χ0v) is 13.1. The molecule has 0 unspecified atom stereocenters. The van der Waals surface area contributed by atoms with Crippen molar-refractivity contribution in [3.8, 4) is 11.1 Å². The van der Waals surface area contributed by atoms with E-state index in [9.17, 15) is 4.79 Å². The summed E-state index contributed by atoms with van der Waals surface area (Å²) in [5.74, 6) is 0.990. The largest absolute Gasteiger partial charge is 0.351 e. The van der Waals surface area contributed by atoms with Gasteiger partial charge in [0.25, 0.3) is 0 Å². The van der Waals surface area contributed by atoms with Crippen molar-refractivity contribution in [1.82, 2.24) is 10.3 Å². The lowest BCUT2D eigenvalue weighted by Gasteiger charge is -2.16. The van der Waals surface area contributed by atoms with E-state index in [1.807, 2.05) is 36.5 Å². The van der Waals surface area contributed by atoms with Crippen LogP contribution in [0.1, 0.15) is 17.2 Å². The number of nitrogens with zero attached hydrogens (tertiary/aromatic N) is 1. The molecule has 5 heteroatoms. The molecule has 1 amide bonds. The van der Waals surface area contributed by atoms with Gasteiger partial charge in [0.05, 0.1) is 0 Å². The maximum atomic E-state index is 12.4. The molecule has 1 saturated heterocycles. The molecule has 0 aliphatic carbocycles. The summed E-state index contributed by atoms with van der Waals surface area (Å²) in [5.41, 5.74) is 8.86. The topological polar surface area (TPSA) is 68.0 Å². The number of benzene rings is 1. The summed E-state index contributed by atoms with van der Waals surface area (Å²) < 4.78 is 0. The van der Waals surface area contributed by atoms with E-state index < -0.39 is 0 Å². The average Bonchev–Trinajstić information content (AvgIpc) is 2.77. The molecule has 1 aliphatic heterocycles. The molecule has 3 rings (SSSR count). The molecule has 0 radical (unpaired) electrons. The number of thioether (sulfide) groups is 1. The van der Waals surface area contributed by atoms with Crippen LogP contribution in [0.4, 0.5) is 0 Å². The predicted molar refractivity (Wildman–Crippen MR) is 90.5 cm³/mol. The number of hydrogen-bond donors (Lipinski definition) is 2. The molecule has 2 aromatic rings. The minimum atomic E-state index is -0.173. The first-order chi connectivity index (χ1) is 10.8. The number of aromatic nitrogens is 1. The van der Waals surface area contributed by atoms with Crippen molar-refractivity contribution in [3.05, 3.63) is 54.4 Å². The second kappa shape index (κ2) is 6.94. The maximum Gasteiger partial charge on any atom is 0.237 e. The van der Waals surface area contributed by atoms with Gasteiger partial charge in [0.2, 0.25) is 5.91 Å². The van der Waals surface area contributed by atoms with E-state index in [2.05, 4.69) is 16.4 Å². The molecule has 2 atom stereocenters. The SMILES string of the molecule is NC[C@H]1CCS[C@@H](c2cccc(-c3cccnc3)c2)C(=O)N1. The van der Waals surface area contributed by atoms with E-state index in [1.165, 1.54) is 0 Å². The van der Waals surface area contributed by atoms with Crippen LogP contribution in [-0.4, -0.2) is 29.2 Å². The lowest BCUT2D eigenvalue weighted by molar-refractivity contribution is -0.121. The van der Waals surface area contributed by atoms with Gasteiger partial charge >= 0.3 is 0 Å². The Hall–Kier alpha value is -1.85. The minimum Gasteiger partial charge on any atom is -0.351 e. The number of nitrogens with one attached hydrogen (secondary N) is 1. The summed E-state index contributed by atoms with van der Waals surface area (Å²) in [6, 6.07) is 12.2. The smallest absolute Gasteiger partial charge is 0.237 e. The van der Waals surface area contributed by atoms with Crippen molar-refractivity contribution in [2.24, 2.45) is 5.73 Å². The van der Waals surface area contributed by atoms with Gasteiger partial charge in [-0.3, -0.25) is 9.78 Å². The Labute approximate surface area is 134 Å². The van der Waals surface area contributed by atoms with E-state index in [4.69, 9.17) is 5.73 Å². The van der Waals surface area contributed by atoms with Gasteiger partial charge < -0.3 is 11.1 Å². The number of carbonyl (C=O) groups excluding carboxylic acids is 1. The van der Waals surface area contributed by atoms with Gasteiger partial charge in [-0.05, 0) is 41.0 Å². The molecule has 1 fully saturated rings. The van der Waals surface area contributed by atoms with Gasteiger partial charge in [-0.2, -0.15) is 0 Å². The third-order valence-electron chi connectivity index (χ3n) is 3.80. The quantitative estimate of drug-likeness (QED) is 0.913. The van der Waals surface area contributed by atoms with Crippen LogP contribution in [0.25, 0.3) is 11.1 Å². The first-order valence-electron chi connectivity index (χ1n) is 7.40. The highest BCUT2D eigenvalue weighted by Crippen LogP contribution is 2.34. The van der Waals surface area contributed by atoms with E-state index in [0.29, 0.717) is 6.54 Å². The summed E-state index contributed by atoms with van der Waals surface area (Å²) in [7, 11) is 0. The van der Waals surface area contributed by atoms with Gasteiger partial charge in [-0.25, -0.2) is 0 Å². The maximum absolute atomic E-state index is 12.4. The van der Waals surface area contributed by atoms with Crippen LogP contribution >= 0.6 is 11.8 Å². The third kappa shape index (κ3) is 3.31. The van der Waals surface area contributed by atoms with Crippen molar-refractivity contribution in [3.63, 3.8) is 0 Å². The Morgan fingerprint density at radius 3 is 2.91 bits per heavy atom. The van der Waals surface area contributed by atoms with Crippen molar-refractivity contribution in [1.29, 1.82) is 0 Å². The molecule has 0 saturated carbocycles. The Bertz CT molecular complexity index is 647. The fourth-order valence-corrected chi connectivity index (χ4v) is 3.81. The Morgan fingerprint density at radius 1 is 1.27 bits per heavy atom. The molecular weight excluding hydrogens is 294 g/mol. The van der Waals surface area contributed by atoms with Crippen LogP contribution < -0.4 is 11.1 Å². The first kappa shape index (κ1) is 15.1. The number of nitrogens with two attached hydrogens (primary N) is 1. The van der Waals surface area contributed by atoms with Gasteiger partial charge in [-0.15, -0.1) is 11.8 Å². The molecule has 2 heterocycles. The summed E-state index contributed by atoms with van der Waals surface area (Å²) in [6.07, 6.45) is 4.52. The van der Waals surface area contributed by atoms with Gasteiger partial charge in [0.15, 0.2) is 0 Å². The highest BCUT2D eigenvalue weighted by Gasteiger charge is 2.26. The van der Waals surface area contributed by atoms with Crippen LogP contribution in [0.15, 0.2) is 48.8 Å². The van der Waals surface area contributed by atoms with Crippen LogP contribution in [0.5, 0.6) is 0 Å². The van der Waals surface area contributed by atoms with Crippen molar-refractivity contribution in [2.75, 3.05) is 12.3 Å². The lowest BCUT2D eigenvalue weighted by atomic mass is 10.0. The normalized spacial score (nSPS) is 22.0. The molecule has 3 N–H and O–H groups in total. The van der Waals surface area contributed by atoms with Gasteiger partial charge in [0.1, 0.15) is 5.25 Å². The molecule has 0 spiro atoms. The van der Waals surface area contributed by atoms with E-state index in [0.717, 1.165) is 28.9 Å². The molecule has 114 valence electrons. The second-order valence-corrected chi connectivity index (χ2v) is 6.56. The molecule has 4 nitrogen and oxygen atoms in total. The molecule has 0 bridgehead atoms. The van der Waals surface area contributed by atoms with Crippen LogP contribution in [0.3, 0.4) is 0 Å². The van der Waals surface area contributed by atoms with E-state index in [-0.39, 0.29) is 17.2 Å². The fourth-order valence-electron chi connectivity index (χ4n) is 2.59. The minimum absolute atomic E-state index is 0.0567. The highest BCUT2D eigenvalue weighted by atomic mass is 32.2. The standard InChI is InChI=1S/C17H19N3OS/c18-10-15-6-8-22-16(17(21)20-15)13-4-1-3-12(9-13)14-5-2-7-19-11-14/h1-5,7,9,11,15-16H,6,8,10,18H2,(H,20,21)/t15-,16+/m1/s1. The predicted octanol–water partition coefficient (Wildman–Crippen LogP) is 2.37. The summed E-state index contributed by atoms with van der Waals surface area (Å²) in [6.45, 7) is 0.495. The zero-order valence-electron chi connectivity index (χ0n) is 12.2. The van der Waals surface area contributed by atoms with Crippen molar-refractivity contribution >= 4 is 17.7 Å². The Kier molecular flexibility index (Phi) is 4.75. The molecular formula is C17H19N3OS. The monoisotopic (exact) mass is 313 g/mol. The molecule has 1 aromatic carbocycles.